The van der Waals surface area contributed by atoms with E-state index >= 15 is 0 Å². The monoisotopic (exact) mass is 565 g/mol. The number of hydrogen-bond acceptors (Lipinski definition) is 6. The standard InChI is InChI=1S/C33H39N7O2/c1-8-15-39(7)32(41)26-18-24(13-12-21(26)2)29-22(3)37-40-28(19-27(33(4,5)42)36-31(29)40)35-20-23-10-9-11-25(17-23)30-34-14-16-38(30)6/h9-14,16-19,35,42H,8,15,20H2,1-7H3. The highest BCUT2D eigenvalue weighted by atomic mass is 16.3. The van der Waals surface area contributed by atoms with Gasteiger partial charge in [0.25, 0.3) is 5.91 Å². The van der Waals surface area contributed by atoms with Crippen molar-refractivity contribution < 1.29 is 9.90 Å². The topological polar surface area (TPSA) is 101 Å². The van der Waals surface area contributed by atoms with E-state index in [1.54, 1.807) is 29.5 Å². The lowest BCUT2D eigenvalue weighted by Crippen LogP contribution is -2.28. The van der Waals surface area contributed by atoms with E-state index in [9.17, 15) is 9.90 Å². The summed E-state index contributed by atoms with van der Waals surface area (Å²) in [6.45, 7) is 10.6. The average Bonchev–Trinajstić information content (AvgIpc) is 3.53. The number of anilines is 1. The van der Waals surface area contributed by atoms with E-state index in [1.165, 1.54) is 0 Å². The number of carbonyl (C=O) groups is 1. The van der Waals surface area contributed by atoms with Gasteiger partial charge in [-0.15, -0.1) is 0 Å². The van der Waals surface area contributed by atoms with Gasteiger partial charge < -0.3 is 19.9 Å². The largest absolute Gasteiger partial charge is 0.384 e. The number of aromatic nitrogens is 5. The van der Waals surface area contributed by atoms with Crippen molar-refractivity contribution in [2.24, 2.45) is 7.05 Å². The number of fused-ring (bicyclic) bond motifs is 1. The molecule has 0 fully saturated rings. The molecule has 0 saturated heterocycles. The number of amides is 1. The minimum Gasteiger partial charge on any atom is -0.384 e. The predicted octanol–water partition coefficient (Wildman–Crippen LogP) is 5.74. The van der Waals surface area contributed by atoms with Crippen LogP contribution in [-0.2, 0) is 19.2 Å². The van der Waals surface area contributed by atoms with Crippen molar-refractivity contribution in [1.82, 2.24) is 29.0 Å². The lowest BCUT2D eigenvalue weighted by molar-refractivity contribution is 0.0740. The third-order valence-electron chi connectivity index (χ3n) is 7.53. The van der Waals surface area contributed by atoms with E-state index in [2.05, 4.69) is 29.4 Å². The minimum atomic E-state index is -1.18. The molecule has 0 aliphatic carbocycles. The fraction of sp³-hybridized carbons (Fsp3) is 0.333. The van der Waals surface area contributed by atoms with Crippen LogP contribution in [0.1, 0.15) is 60.1 Å². The number of nitrogens with zero attached hydrogens (tertiary/aromatic N) is 6. The van der Waals surface area contributed by atoms with Crippen molar-refractivity contribution in [3.63, 3.8) is 0 Å². The molecule has 3 heterocycles. The van der Waals surface area contributed by atoms with Crippen LogP contribution in [0.4, 0.5) is 5.82 Å². The second-order valence-electron chi connectivity index (χ2n) is 11.5. The molecule has 0 radical (unpaired) electrons. The molecule has 0 spiro atoms. The minimum absolute atomic E-state index is 0.00871. The maximum absolute atomic E-state index is 13.2. The molecule has 0 bridgehead atoms. The molecule has 0 aliphatic rings. The molecule has 42 heavy (non-hydrogen) atoms. The summed E-state index contributed by atoms with van der Waals surface area (Å²) in [5.74, 6) is 1.60. The normalized spacial score (nSPS) is 11.7. The van der Waals surface area contributed by atoms with E-state index in [4.69, 9.17) is 10.1 Å². The first kappa shape index (κ1) is 29.0. The zero-order valence-corrected chi connectivity index (χ0v) is 25.4. The molecule has 0 saturated carbocycles. The van der Waals surface area contributed by atoms with Crippen LogP contribution in [0.25, 0.3) is 28.2 Å². The van der Waals surface area contributed by atoms with Gasteiger partial charge in [-0.3, -0.25) is 4.79 Å². The van der Waals surface area contributed by atoms with E-state index < -0.39 is 5.60 Å². The van der Waals surface area contributed by atoms with Gasteiger partial charge in [0.05, 0.1) is 11.4 Å². The highest BCUT2D eigenvalue weighted by Crippen LogP contribution is 2.33. The van der Waals surface area contributed by atoms with Gasteiger partial charge in [-0.1, -0.05) is 37.3 Å². The van der Waals surface area contributed by atoms with E-state index in [1.807, 2.05) is 75.1 Å². The Bertz CT molecular complexity index is 1760. The highest BCUT2D eigenvalue weighted by Gasteiger charge is 2.24. The van der Waals surface area contributed by atoms with Crippen molar-refractivity contribution in [2.45, 2.75) is 53.2 Å². The van der Waals surface area contributed by atoms with Crippen LogP contribution >= 0.6 is 0 Å². The van der Waals surface area contributed by atoms with Crippen molar-refractivity contribution in [1.29, 1.82) is 0 Å². The van der Waals surface area contributed by atoms with E-state index in [0.717, 1.165) is 45.8 Å². The maximum Gasteiger partial charge on any atom is 0.253 e. The number of nitrogens with one attached hydrogen (secondary N) is 1. The number of imidazole rings is 1. The van der Waals surface area contributed by atoms with E-state index in [0.29, 0.717) is 35.8 Å². The molecule has 2 aromatic carbocycles. The Morgan fingerprint density at radius 1 is 1.10 bits per heavy atom. The van der Waals surface area contributed by atoms with Crippen molar-refractivity contribution >= 4 is 17.4 Å². The molecule has 9 nitrogen and oxygen atoms in total. The fourth-order valence-corrected chi connectivity index (χ4v) is 5.21. The number of rotatable bonds is 9. The lowest BCUT2D eigenvalue weighted by atomic mass is 9.98. The molecule has 9 heteroatoms. The zero-order valence-electron chi connectivity index (χ0n) is 25.4. The summed E-state index contributed by atoms with van der Waals surface area (Å²) < 4.78 is 3.78. The van der Waals surface area contributed by atoms with E-state index in [-0.39, 0.29) is 5.91 Å². The van der Waals surface area contributed by atoms with Crippen LogP contribution in [0.5, 0.6) is 0 Å². The van der Waals surface area contributed by atoms with Gasteiger partial charge in [0.2, 0.25) is 0 Å². The van der Waals surface area contributed by atoms with Gasteiger partial charge >= 0.3 is 0 Å². The van der Waals surface area contributed by atoms with Gasteiger partial charge in [0, 0.05) is 62.3 Å². The van der Waals surface area contributed by atoms with Crippen LogP contribution in [0, 0.1) is 13.8 Å². The Morgan fingerprint density at radius 3 is 2.57 bits per heavy atom. The molecule has 2 N–H and O–H groups in total. The molecule has 1 amide bonds. The number of aliphatic hydroxyl groups is 1. The van der Waals surface area contributed by atoms with Gasteiger partial charge in [-0.2, -0.15) is 9.61 Å². The zero-order chi connectivity index (χ0) is 30.2. The SMILES string of the molecule is CCCN(C)C(=O)c1cc(-c2c(C)nn3c(NCc4cccc(-c5nccn5C)c4)cc(C(C)(C)O)nc23)ccc1C. The van der Waals surface area contributed by atoms with Gasteiger partial charge in [0.15, 0.2) is 5.65 Å². The Kier molecular flexibility index (Phi) is 7.88. The maximum atomic E-state index is 13.2. The highest BCUT2D eigenvalue weighted by molar-refractivity contribution is 5.97. The fourth-order valence-electron chi connectivity index (χ4n) is 5.21. The summed E-state index contributed by atoms with van der Waals surface area (Å²) >= 11 is 0. The first-order chi connectivity index (χ1) is 20.0. The number of hydrogen-bond donors (Lipinski definition) is 2. The van der Waals surface area contributed by atoms with Crippen LogP contribution in [0.3, 0.4) is 0 Å². The van der Waals surface area contributed by atoms with Gasteiger partial charge in [0.1, 0.15) is 17.2 Å². The summed E-state index contributed by atoms with van der Waals surface area (Å²) in [5, 5.41) is 19.4. The Hall–Kier alpha value is -4.50. The molecule has 5 rings (SSSR count). The summed E-state index contributed by atoms with van der Waals surface area (Å²) in [6, 6.07) is 16.0. The predicted molar refractivity (Wildman–Crippen MR) is 166 cm³/mol. The molecule has 218 valence electrons. The molecule has 0 atom stereocenters. The second kappa shape index (κ2) is 11.4. The van der Waals surface area contributed by atoms with Crippen LogP contribution in [0.15, 0.2) is 60.9 Å². The first-order valence-corrected chi connectivity index (χ1v) is 14.3. The summed E-state index contributed by atoms with van der Waals surface area (Å²) in [5.41, 5.74) is 6.10. The van der Waals surface area contributed by atoms with Gasteiger partial charge in [-0.25, -0.2) is 9.97 Å². The smallest absolute Gasteiger partial charge is 0.253 e. The lowest BCUT2D eigenvalue weighted by Gasteiger charge is -2.19. The Labute approximate surface area is 246 Å². The molecule has 5 aromatic rings. The molecule has 0 aliphatic heterocycles. The number of aryl methyl sites for hydroxylation is 3. The second-order valence-corrected chi connectivity index (χ2v) is 11.5. The van der Waals surface area contributed by atoms with Crippen LogP contribution < -0.4 is 5.32 Å². The van der Waals surface area contributed by atoms with Crippen molar-refractivity contribution in [2.75, 3.05) is 18.9 Å². The van der Waals surface area contributed by atoms with Gasteiger partial charge in [-0.05, 0) is 62.9 Å². The molecule has 0 unspecified atom stereocenters. The van der Waals surface area contributed by atoms with Crippen molar-refractivity contribution in [3.8, 4) is 22.5 Å². The van der Waals surface area contributed by atoms with Crippen LogP contribution in [-0.4, -0.2) is 53.7 Å². The molecular formula is C33H39N7O2. The molecular weight excluding hydrogens is 526 g/mol. The Balaban J connectivity index is 1.56. The molecule has 3 aromatic heterocycles. The number of carbonyl (C=O) groups excluding carboxylic acids is 1. The van der Waals surface area contributed by atoms with Crippen molar-refractivity contribution in [3.05, 3.63) is 89.0 Å². The first-order valence-electron chi connectivity index (χ1n) is 14.3. The third kappa shape index (κ3) is 5.65. The van der Waals surface area contributed by atoms with Crippen LogP contribution in [0.2, 0.25) is 0 Å². The Morgan fingerprint density at radius 2 is 1.88 bits per heavy atom. The third-order valence-corrected chi connectivity index (χ3v) is 7.53. The summed E-state index contributed by atoms with van der Waals surface area (Å²) in [4.78, 5) is 24.4. The average molecular weight is 566 g/mol. The summed E-state index contributed by atoms with van der Waals surface area (Å²) in [7, 11) is 3.81. The number of benzene rings is 2. The quantitative estimate of drug-likeness (QED) is 0.237. The summed E-state index contributed by atoms with van der Waals surface area (Å²) in [6.07, 6.45) is 4.61.